The van der Waals surface area contributed by atoms with E-state index in [9.17, 15) is 4.79 Å². The van der Waals surface area contributed by atoms with Crippen molar-refractivity contribution in [3.63, 3.8) is 0 Å². The molecule has 0 bridgehead atoms. The third-order valence-corrected chi connectivity index (χ3v) is 6.32. The van der Waals surface area contributed by atoms with Crippen LogP contribution in [-0.4, -0.2) is 43.2 Å². The van der Waals surface area contributed by atoms with Gasteiger partial charge in [-0.2, -0.15) is 0 Å². The number of carbonyl (C=O) groups is 1. The maximum absolute atomic E-state index is 12.1. The summed E-state index contributed by atoms with van der Waals surface area (Å²) >= 11 is 0. The van der Waals surface area contributed by atoms with Gasteiger partial charge in [0.25, 0.3) is 0 Å². The van der Waals surface area contributed by atoms with Crippen molar-refractivity contribution >= 4 is 5.91 Å². The molecule has 2 heterocycles. The van der Waals surface area contributed by atoms with E-state index < -0.39 is 0 Å². The fourth-order valence-electron chi connectivity index (χ4n) is 4.48. The van der Waals surface area contributed by atoms with Gasteiger partial charge in [0.2, 0.25) is 5.91 Å². The number of carbonyl (C=O) groups excluding carboxylic acids is 1. The van der Waals surface area contributed by atoms with Crippen molar-refractivity contribution < 1.29 is 14.3 Å². The molecule has 1 atom stereocenters. The molecule has 1 N–H and O–H groups in total. The molecule has 0 aliphatic carbocycles. The van der Waals surface area contributed by atoms with E-state index in [0.29, 0.717) is 18.9 Å². The van der Waals surface area contributed by atoms with E-state index >= 15 is 0 Å². The number of para-hydroxylation sites is 1. The normalized spacial score (nSPS) is 19.9. The molecule has 2 saturated heterocycles. The predicted octanol–water partition coefficient (Wildman–Crippen LogP) is 4.77. The van der Waals surface area contributed by atoms with Gasteiger partial charge in [-0.25, -0.2) is 0 Å². The molecular formula is C26H34N2O3. The monoisotopic (exact) mass is 422 g/mol. The first-order valence-corrected chi connectivity index (χ1v) is 11.7. The summed E-state index contributed by atoms with van der Waals surface area (Å²) in [5.74, 6) is 2.57. The molecule has 0 aromatic heterocycles. The van der Waals surface area contributed by atoms with Gasteiger partial charge < -0.3 is 14.8 Å². The number of nitrogens with zero attached hydrogens (tertiary/aromatic N) is 1. The largest absolute Gasteiger partial charge is 0.457 e. The lowest BCUT2D eigenvalue weighted by atomic mass is 9.92. The molecule has 2 aromatic rings. The number of likely N-dealkylation sites (tertiary alicyclic amines) is 1. The molecule has 5 heteroatoms. The molecular weight excluding hydrogens is 388 g/mol. The Bertz CT molecular complexity index is 812. The summed E-state index contributed by atoms with van der Waals surface area (Å²) in [7, 11) is 0. The molecule has 0 unspecified atom stereocenters. The lowest BCUT2D eigenvalue weighted by molar-refractivity contribution is -0.122. The number of rotatable bonds is 9. The van der Waals surface area contributed by atoms with Crippen LogP contribution in [-0.2, 0) is 16.1 Å². The Morgan fingerprint density at radius 3 is 2.61 bits per heavy atom. The van der Waals surface area contributed by atoms with Crippen molar-refractivity contribution in [2.24, 2.45) is 5.92 Å². The molecule has 2 aliphatic rings. The second kappa shape index (κ2) is 11.3. The number of ether oxygens (including phenoxy) is 2. The van der Waals surface area contributed by atoms with Crippen LogP contribution in [0.4, 0.5) is 0 Å². The first kappa shape index (κ1) is 21.8. The van der Waals surface area contributed by atoms with Crippen molar-refractivity contribution in [1.82, 2.24) is 10.2 Å². The van der Waals surface area contributed by atoms with Crippen molar-refractivity contribution in [3.05, 3.63) is 60.2 Å². The molecule has 1 amide bonds. The second-order valence-electron chi connectivity index (χ2n) is 8.76. The standard InChI is InChI=1S/C26H34N2O3/c29-26(27-19-25-10-5-17-30-25)12-11-21-13-15-28(16-14-21)20-22-6-4-9-24(18-22)31-23-7-2-1-3-8-23/h1-4,6-9,18,21,25H,5,10-17,19-20H2,(H,27,29)/t25-/m0/s1. The van der Waals surface area contributed by atoms with Crippen LogP contribution in [0, 0.1) is 5.92 Å². The molecule has 0 radical (unpaired) electrons. The molecule has 166 valence electrons. The fourth-order valence-corrected chi connectivity index (χ4v) is 4.48. The molecule has 2 aromatic carbocycles. The van der Waals surface area contributed by atoms with Crippen LogP contribution in [0.2, 0.25) is 0 Å². The minimum Gasteiger partial charge on any atom is -0.457 e. The maximum Gasteiger partial charge on any atom is 0.220 e. The lowest BCUT2D eigenvalue weighted by Crippen LogP contribution is -2.34. The fraction of sp³-hybridized carbons (Fsp3) is 0.500. The quantitative estimate of drug-likeness (QED) is 0.633. The van der Waals surface area contributed by atoms with Crippen LogP contribution in [0.5, 0.6) is 11.5 Å². The Kier molecular flexibility index (Phi) is 7.97. The topological polar surface area (TPSA) is 50.8 Å². The van der Waals surface area contributed by atoms with Gasteiger partial charge in [-0.05, 0) is 80.9 Å². The van der Waals surface area contributed by atoms with E-state index in [1.807, 2.05) is 36.4 Å². The third kappa shape index (κ3) is 7.08. The zero-order valence-corrected chi connectivity index (χ0v) is 18.3. The van der Waals surface area contributed by atoms with E-state index in [4.69, 9.17) is 9.47 Å². The first-order valence-electron chi connectivity index (χ1n) is 11.7. The van der Waals surface area contributed by atoms with Crippen LogP contribution in [0.25, 0.3) is 0 Å². The van der Waals surface area contributed by atoms with Crippen LogP contribution in [0.1, 0.15) is 44.1 Å². The van der Waals surface area contributed by atoms with Crippen molar-refractivity contribution in [3.8, 4) is 11.5 Å². The van der Waals surface area contributed by atoms with Gasteiger partial charge in [-0.15, -0.1) is 0 Å². The van der Waals surface area contributed by atoms with E-state index in [-0.39, 0.29) is 12.0 Å². The van der Waals surface area contributed by atoms with E-state index in [2.05, 4.69) is 28.4 Å². The minimum atomic E-state index is 0.174. The van der Waals surface area contributed by atoms with Crippen LogP contribution in [0.15, 0.2) is 54.6 Å². The van der Waals surface area contributed by atoms with Crippen LogP contribution in [0.3, 0.4) is 0 Å². The Labute approximate surface area is 185 Å². The van der Waals surface area contributed by atoms with Gasteiger partial charge in [0, 0.05) is 26.1 Å². The number of hydrogen-bond donors (Lipinski definition) is 1. The average molecular weight is 423 g/mol. The third-order valence-electron chi connectivity index (χ3n) is 6.32. The number of benzene rings is 2. The summed E-state index contributed by atoms with van der Waals surface area (Å²) in [4.78, 5) is 14.6. The van der Waals surface area contributed by atoms with Crippen LogP contribution >= 0.6 is 0 Å². The SMILES string of the molecule is O=C(CCC1CCN(Cc2cccc(Oc3ccccc3)c2)CC1)NC[C@@H]1CCCO1. The first-order chi connectivity index (χ1) is 15.2. The number of hydrogen-bond acceptors (Lipinski definition) is 4. The van der Waals surface area contributed by atoms with Gasteiger partial charge in [0.1, 0.15) is 11.5 Å². The molecule has 0 spiro atoms. The molecule has 2 aliphatic heterocycles. The zero-order valence-electron chi connectivity index (χ0n) is 18.3. The number of amides is 1. The van der Waals surface area contributed by atoms with Crippen molar-refractivity contribution in [2.45, 2.75) is 51.2 Å². The number of piperidine rings is 1. The molecule has 4 rings (SSSR count). The summed E-state index contributed by atoms with van der Waals surface area (Å²) in [6.07, 6.45) is 6.37. The Hall–Kier alpha value is -2.37. The highest BCUT2D eigenvalue weighted by atomic mass is 16.5. The summed E-state index contributed by atoms with van der Waals surface area (Å²) in [6.45, 7) is 4.63. The minimum absolute atomic E-state index is 0.174. The molecule has 2 fully saturated rings. The Balaban J connectivity index is 1.15. The Morgan fingerprint density at radius 1 is 1.03 bits per heavy atom. The highest BCUT2D eigenvalue weighted by Crippen LogP contribution is 2.25. The van der Waals surface area contributed by atoms with Crippen molar-refractivity contribution in [2.75, 3.05) is 26.2 Å². The smallest absolute Gasteiger partial charge is 0.220 e. The summed E-state index contributed by atoms with van der Waals surface area (Å²) in [5, 5.41) is 3.04. The van der Waals surface area contributed by atoms with Gasteiger partial charge >= 0.3 is 0 Å². The van der Waals surface area contributed by atoms with Gasteiger partial charge in [0.15, 0.2) is 0 Å². The van der Waals surface area contributed by atoms with E-state index in [0.717, 1.165) is 57.0 Å². The molecule has 31 heavy (non-hydrogen) atoms. The summed E-state index contributed by atoms with van der Waals surface area (Å²) in [6, 6.07) is 18.3. The zero-order chi connectivity index (χ0) is 21.3. The highest BCUT2D eigenvalue weighted by molar-refractivity contribution is 5.75. The average Bonchev–Trinajstić information content (AvgIpc) is 3.32. The van der Waals surface area contributed by atoms with E-state index in [1.54, 1.807) is 0 Å². The molecule has 0 saturated carbocycles. The van der Waals surface area contributed by atoms with Gasteiger partial charge in [-0.3, -0.25) is 9.69 Å². The highest BCUT2D eigenvalue weighted by Gasteiger charge is 2.21. The van der Waals surface area contributed by atoms with Gasteiger partial charge in [0.05, 0.1) is 6.10 Å². The molecule has 5 nitrogen and oxygen atoms in total. The summed E-state index contributed by atoms with van der Waals surface area (Å²) in [5.41, 5.74) is 1.28. The second-order valence-corrected chi connectivity index (χ2v) is 8.76. The predicted molar refractivity (Wildman–Crippen MR) is 122 cm³/mol. The van der Waals surface area contributed by atoms with Gasteiger partial charge in [-0.1, -0.05) is 30.3 Å². The van der Waals surface area contributed by atoms with Crippen molar-refractivity contribution in [1.29, 1.82) is 0 Å². The summed E-state index contributed by atoms with van der Waals surface area (Å²) < 4.78 is 11.5. The van der Waals surface area contributed by atoms with E-state index in [1.165, 1.54) is 18.4 Å². The Morgan fingerprint density at radius 2 is 1.84 bits per heavy atom. The van der Waals surface area contributed by atoms with Crippen LogP contribution < -0.4 is 10.1 Å². The lowest BCUT2D eigenvalue weighted by Gasteiger charge is -2.32. The number of nitrogens with one attached hydrogen (secondary N) is 1. The maximum atomic E-state index is 12.1.